The first-order valence-corrected chi connectivity index (χ1v) is 4.92. The van der Waals surface area contributed by atoms with Crippen LogP contribution in [-0.4, -0.2) is 30.6 Å². The third-order valence-corrected chi connectivity index (χ3v) is 2.04. The normalized spacial score (nSPS) is 11.8. The molecule has 1 N–H and O–H groups in total. The van der Waals surface area contributed by atoms with Crippen LogP contribution in [0.4, 0.5) is 0 Å². The first kappa shape index (κ1) is 12.4. The van der Waals surface area contributed by atoms with E-state index in [0.717, 1.165) is 13.1 Å². The van der Waals surface area contributed by atoms with Gasteiger partial charge < -0.3 is 5.32 Å². The minimum Gasteiger partial charge on any atom is -0.343 e. The highest BCUT2D eigenvalue weighted by molar-refractivity contribution is 5.81. The van der Waals surface area contributed by atoms with Gasteiger partial charge in [-0.25, -0.2) is 0 Å². The summed E-state index contributed by atoms with van der Waals surface area (Å²) < 4.78 is 0. The quantitative estimate of drug-likeness (QED) is 0.674. The number of nitrogens with one attached hydrogen (secondary N) is 1. The molecule has 0 fully saturated rings. The molecule has 0 rings (SSSR count). The predicted molar refractivity (Wildman–Crippen MR) is 55.4 cm³/mol. The van der Waals surface area contributed by atoms with E-state index in [1.54, 1.807) is 0 Å². The first-order valence-electron chi connectivity index (χ1n) is 4.92. The molecule has 0 heterocycles. The fourth-order valence-corrected chi connectivity index (χ4v) is 0.896. The van der Waals surface area contributed by atoms with Crippen LogP contribution in [0.1, 0.15) is 34.6 Å². The van der Waals surface area contributed by atoms with Crippen molar-refractivity contribution in [3.05, 3.63) is 0 Å². The maximum absolute atomic E-state index is 11.5. The zero-order chi connectivity index (χ0) is 10.5. The summed E-state index contributed by atoms with van der Waals surface area (Å²) in [6.45, 7) is 12.5. The van der Waals surface area contributed by atoms with Crippen LogP contribution >= 0.6 is 0 Å². The number of hydrogen-bond donors (Lipinski definition) is 1. The summed E-state index contributed by atoms with van der Waals surface area (Å²) in [4.78, 5) is 13.6. The summed E-state index contributed by atoms with van der Waals surface area (Å²) in [6.07, 6.45) is 0. The number of hydrogen-bond acceptors (Lipinski definition) is 2. The molecule has 0 aliphatic rings. The lowest BCUT2D eigenvalue weighted by molar-refractivity contribution is -0.129. The van der Waals surface area contributed by atoms with Gasteiger partial charge in [0, 0.05) is 5.41 Å². The Morgan fingerprint density at radius 2 is 1.69 bits per heavy atom. The Balaban J connectivity index is 3.82. The average Bonchev–Trinajstić information content (AvgIpc) is 2.04. The third-order valence-electron chi connectivity index (χ3n) is 2.04. The fraction of sp³-hybridized carbons (Fsp3) is 0.900. The van der Waals surface area contributed by atoms with Gasteiger partial charge in [0.2, 0.25) is 5.91 Å². The molecule has 0 atom stereocenters. The Labute approximate surface area is 81.5 Å². The SMILES string of the molecule is CCN(CC)CNC(=O)C(C)(C)C. The van der Waals surface area contributed by atoms with Gasteiger partial charge in [0.15, 0.2) is 0 Å². The van der Waals surface area contributed by atoms with Crippen molar-refractivity contribution in [2.45, 2.75) is 34.6 Å². The van der Waals surface area contributed by atoms with Gasteiger partial charge in [-0.05, 0) is 13.1 Å². The van der Waals surface area contributed by atoms with E-state index in [1.165, 1.54) is 0 Å². The van der Waals surface area contributed by atoms with Crippen LogP contribution in [0.15, 0.2) is 0 Å². The van der Waals surface area contributed by atoms with E-state index in [2.05, 4.69) is 24.1 Å². The lowest BCUT2D eigenvalue weighted by atomic mass is 9.96. The van der Waals surface area contributed by atoms with Crippen LogP contribution < -0.4 is 5.32 Å². The molecule has 3 nitrogen and oxygen atoms in total. The molecule has 0 aliphatic heterocycles. The third kappa shape index (κ3) is 4.88. The molecular weight excluding hydrogens is 164 g/mol. The van der Waals surface area contributed by atoms with Crippen LogP contribution in [0.3, 0.4) is 0 Å². The lowest BCUT2D eigenvalue weighted by Crippen LogP contribution is -2.42. The maximum Gasteiger partial charge on any atom is 0.226 e. The van der Waals surface area contributed by atoms with Crippen LogP contribution in [0.5, 0.6) is 0 Å². The van der Waals surface area contributed by atoms with Gasteiger partial charge in [-0.3, -0.25) is 9.69 Å². The van der Waals surface area contributed by atoms with E-state index in [-0.39, 0.29) is 11.3 Å². The van der Waals surface area contributed by atoms with Gasteiger partial charge in [-0.2, -0.15) is 0 Å². The standard InChI is InChI=1S/C10H22N2O/c1-6-12(7-2)8-11-9(13)10(3,4)5/h6-8H2,1-5H3,(H,11,13). The van der Waals surface area contributed by atoms with Crippen molar-refractivity contribution in [2.24, 2.45) is 5.41 Å². The minimum atomic E-state index is -0.285. The number of carbonyl (C=O) groups excluding carboxylic acids is 1. The van der Waals surface area contributed by atoms with Crippen molar-refractivity contribution in [3.8, 4) is 0 Å². The van der Waals surface area contributed by atoms with Crippen molar-refractivity contribution in [3.63, 3.8) is 0 Å². The molecular formula is C10H22N2O. The van der Waals surface area contributed by atoms with Crippen molar-refractivity contribution >= 4 is 5.91 Å². The monoisotopic (exact) mass is 186 g/mol. The molecule has 78 valence electrons. The van der Waals surface area contributed by atoms with E-state index in [9.17, 15) is 4.79 Å². The largest absolute Gasteiger partial charge is 0.343 e. The summed E-state index contributed by atoms with van der Waals surface area (Å²) >= 11 is 0. The second-order valence-corrected chi connectivity index (χ2v) is 4.22. The molecule has 0 bridgehead atoms. The van der Waals surface area contributed by atoms with Crippen LogP contribution in [0.25, 0.3) is 0 Å². The highest BCUT2D eigenvalue weighted by Crippen LogP contribution is 2.11. The first-order chi connectivity index (χ1) is 5.91. The maximum atomic E-state index is 11.5. The van der Waals surface area contributed by atoms with Crippen molar-refractivity contribution < 1.29 is 4.79 Å². The van der Waals surface area contributed by atoms with Crippen molar-refractivity contribution in [2.75, 3.05) is 19.8 Å². The van der Waals surface area contributed by atoms with Gasteiger partial charge in [0.25, 0.3) is 0 Å². The predicted octanol–water partition coefficient (Wildman–Crippen LogP) is 1.45. The molecule has 0 unspecified atom stereocenters. The number of carbonyl (C=O) groups is 1. The van der Waals surface area contributed by atoms with E-state index in [4.69, 9.17) is 0 Å². The zero-order valence-electron chi connectivity index (χ0n) is 9.48. The molecule has 0 saturated carbocycles. The lowest BCUT2D eigenvalue weighted by Gasteiger charge is -2.22. The van der Waals surface area contributed by atoms with Crippen LogP contribution in [0.2, 0.25) is 0 Å². The Bertz CT molecular complexity index is 157. The highest BCUT2D eigenvalue weighted by Gasteiger charge is 2.20. The second kappa shape index (κ2) is 5.22. The number of amides is 1. The van der Waals surface area contributed by atoms with Gasteiger partial charge in [-0.1, -0.05) is 34.6 Å². The summed E-state index contributed by atoms with van der Waals surface area (Å²) in [5.41, 5.74) is -0.285. The molecule has 0 spiro atoms. The Morgan fingerprint density at radius 1 is 1.23 bits per heavy atom. The summed E-state index contributed by atoms with van der Waals surface area (Å²) in [5, 5.41) is 2.91. The second-order valence-electron chi connectivity index (χ2n) is 4.22. The van der Waals surface area contributed by atoms with Crippen molar-refractivity contribution in [1.29, 1.82) is 0 Å². The number of nitrogens with zero attached hydrogens (tertiary/aromatic N) is 1. The molecule has 0 aromatic rings. The van der Waals surface area contributed by atoms with E-state index in [1.807, 2.05) is 20.8 Å². The van der Waals surface area contributed by atoms with Gasteiger partial charge in [0.1, 0.15) is 0 Å². The number of rotatable bonds is 4. The van der Waals surface area contributed by atoms with Crippen LogP contribution in [-0.2, 0) is 4.79 Å². The van der Waals surface area contributed by atoms with Gasteiger partial charge in [0.05, 0.1) is 6.67 Å². The molecule has 0 saturated heterocycles. The molecule has 0 radical (unpaired) electrons. The minimum absolute atomic E-state index is 0.111. The smallest absolute Gasteiger partial charge is 0.226 e. The Hall–Kier alpha value is -0.570. The molecule has 3 heteroatoms. The van der Waals surface area contributed by atoms with Gasteiger partial charge >= 0.3 is 0 Å². The fourth-order valence-electron chi connectivity index (χ4n) is 0.896. The summed E-state index contributed by atoms with van der Waals surface area (Å²) in [7, 11) is 0. The summed E-state index contributed by atoms with van der Waals surface area (Å²) in [6, 6.07) is 0. The topological polar surface area (TPSA) is 32.3 Å². The Morgan fingerprint density at radius 3 is 2.00 bits per heavy atom. The molecule has 0 aliphatic carbocycles. The summed E-state index contributed by atoms with van der Waals surface area (Å²) in [5.74, 6) is 0.111. The molecule has 13 heavy (non-hydrogen) atoms. The Kier molecular flexibility index (Phi) is 4.99. The average molecular weight is 186 g/mol. The van der Waals surface area contributed by atoms with Gasteiger partial charge in [-0.15, -0.1) is 0 Å². The zero-order valence-corrected chi connectivity index (χ0v) is 9.48. The van der Waals surface area contributed by atoms with Crippen LogP contribution in [0, 0.1) is 5.41 Å². The van der Waals surface area contributed by atoms with Crippen molar-refractivity contribution in [1.82, 2.24) is 10.2 Å². The van der Waals surface area contributed by atoms with E-state index >= 15 is 0 Å². The van der Waals surface area contributed by atoms with E-state index in [0.29, 0.717) is 6.67 Å². The van der Waals surface area contributed by atoms with E-state index < -0.39 is 0 Å². The molecule has 0 aromatic heterocycles. The molecule has 1 amide bonds. The highest BCUT2D eigenvalue weighted by atomic mass is 16.2. The molecule has 0 aromatic carbocycles.